The summed E-state index contributed by atoms with van der Waals surface area (Å²) in [5, 5.41) is 19.4. The largest absolute Gasteiger partial charge is 0.390 e. The first-order chi connectivity index (χ1) is 6.68. The lowest BCUT2D eigenvalue weighted by atomic mass is 9.77. The first-order valence-corrected chi connectivity index (χ1v) is 5.40. The van der Waals surface area contributed by atoms with E-state index in [1.54, 1.807) is 0 Å². The van der Waals surface area contributed by atoms with Gasteiger partial charge in [-0.2, -0.15) is 5.26 Å². The third-order valence-corrected chi connectivity index (χ3v) is 3.54. The fourth-order valence-electron chi connectivity index (χ4n) is 2.71. The number of nitrogens with zero attached hydrogens (tertiary/aromatic N) is 1. The summed E-state index contributed by atoms with van der Waals surface area (Å²) >= 11 is 0. The number of hydrogen-bond donors (Lipinski definition) is 1. The van der Waals surface area contributed by atoms with Gasteiger partial charge in [0.2, 0.25) is 0 Å². The molecule has 2 rings (SSSR count). The lowest BCUT2D eigenvalue weighted by Gasteiger charge is -2.30. The molecule has 3 heteroatoms. The van der Waals surface area contributed by atoms with Crippen LogP contribution in [0, 0.1) is 16.7 Å². The van der Waals surface area contributed by atoms with E-state index in [0.717, 1.165) is 32.1 Å². The van der Waals surface area contributed by atoms with E-state index in [9.17, 15) is 5.11 Å². The molecule has 0 radical (unpaired) electrons. The van der Waals surface area contributed by atoms with Gasteiger partial charge in [0.15, 0.2) is 0 Å². The van der Waals surface area contributed by atoms with Crippen LogP contribution >= 0.6 is 0 Å². The third kappa shape index (κ3) is 1.77. The van der Waals surface area contributed by atoms with Gasteiger partial charge in [0.25, 0.3) is 0 Å². The molecule has 1 N–H and O–H groups in total. The molecule has 3 nitrogen and oxygen atoms in total. The van der Waals surface area contributed by atoms with E-state index in [2.05, 4.69) is 6.07 Å². The molecule has 0 aromatic carbocycles. The van der Waals surface area contributed by atoms with E-state index in [0.29, 0.717) is 19.6 Å². The summed E-state index contributed by atoms with van der Waals surface area (Å²) in [6.07, 6.45) is 5.30. The van der Waals surface area contributed by atoms with Crippen LogP contribution in [0.4, 0.5) is 0 Å². The van der Waals surface area contributed by atoms with Crippen molar-refractivity contribution < 1.29 is 9.84 Å². The zero-order valence-electron chi connectivity index (χ0n) is 8.46. The number of hydrogen-bond acceptors (Lipinski definition) is 3. The summed E-state index contributed by atoms with van der Waals surface area (Å²) < 4.78 is 5.27. The smallest absolute Gasteiger partial charge is 0.0855 e. The zero-order valence-corrected chi connectivity index (χ0v) is 8.46. The second kappa shape index (κ2) is 3.52. The number of rotatable bonds is 2. The van der Waals surface area contributed by atoms with Crippen molar-refractivity contribution >= 4 is 0 Å². The fourth-order valence-corrected chi connectivity index (χ4v) is 2.71. The Bertz CT molecular complexity index is 245. The van der Waals surface area contributed by atoms with E-state index < -0.39 is 11.0 Å². The number of aliphatic hydroxyl groups is 1. The average molecular weight is 195 g/mol. The van der Waals surface area contributed by atoms with Gasteiger partial charge in [-0.15, -0.1) is 0 Å². The maximum atomic E-state index is 10.2. The van der Waals surface area contributed by atoms with Crippen molar-refractivity contribution in [1.82, 2.24) is 0 Å². The van der Waals surface area contributed by atoms with Gasteiger partial charge in [0.05, 0.1) is 23.7 Å². The highest BCUT2D eigenvalue weighted by atomic mass is 16.5. The Kier molecular flexibility index (Phi) is 2.50. The first-order valence-electron chi connectivity index (χ1n) is 5.40. The molecular weight excluding hydrogens is 178 g/mol. The van der Waals surface area contributed by atoms with Crippen molar-refractivity contribution in [2.24, 2.45) is 5.41 Å². The van der Waals surface area contributed by atoms with Crippen molar-refractivity contribution in [2.75, 3.05) is 13.2 Å². The summed E-state index contributed by atoms with van der Waals surface area (Å²) in [6, 6.07) is 2.34. The fraction of sp³-hybridized carbons (Fsp3) is 0.909. The van der Waals surface area contributed by atoms with E-state index in [4.69, 9.17) is 10.00 Å². The van der Waals surface area contributed by atoms with E-state index >= 15 is 0 Å². The summed E-state index contributed by atoms with van der Waals surface area (Å²) in [7, 11) is 0. The lowest BCUT2D eigenvalue weighted by molar-refractivity contribution is 0.00596. The lowest BCUT2D eigenvalue weighted by Crippen LogP contribution is -2.34. The molecule has 2 aliphatic rings. The number of nitriles is 1. The molecule has 1 aliphatic heterocycles. The molecule has 0 spiro atoms. The summed E-state index contributed by atoms with van der Waals surface area (Å²) in [4.78, 5) is 0. The van der Waals surface area contributed by atoms with E-state index in [1.165, 1.54) is 0 Å². The Morgan fingerprint density at radius 3 is 2.50 bits per heavy atom. The molecule has 0 aromatic heterocycles. The zero-order chi connectivity index (χ0) is 10.1. The molecule has 1 heterocycles. The van der Waals surface area contributed by atoms with Crippen LogP contribution in [-0.4, -0.2) is 23.9 Å². The Morgan fingerprint density at radius 1 is 1.29 bits per heavy atom. The van der Waals surface area contributed by atoms with Crippen molar-refractivity contribution in [1.29, 1.82) is 5.26 Å². The maximum absolute atomic E-state index is 10.2. The molecule has 1 saturated heterocycles. The van der Waals surface area contributed by atoms with Gasteiger partial charge >= 0.3 is 0 Å². The van der Waals surface area contributed by atoms with Crippen molar-refractivity contribution in [3.8, 4) is 6.07 Å². The average Bonchev–Trinajstić information content (AvgIpc) is 2.76. The summed E-state index contributed by atoms with van der Waals surface area (Å²) in [5.74, 6) is 0. The summed E-state index contributed by atoms with van der Waals surface area (Å²) in [5.41, 5.74) is -0.984. The highest BCUT2D eigenvalue weighted by molar-refractivity contribution is 5.06. The molecule has 78 valence electrons. The first kappa shape index (κ1) is 9.95. The molecular formula is C11H17NO2. The van der Waals surface area contributed by atoms with Crippen molar-refractivity contribution in [2.45, 2.75) is 44.1 Å². The van der Waals surface area contributed by atoms with Crippen LogP contribution in [0.3, 0.4) is 0 Å². The Hall–Kier alpha value is -0.590. The highest BCUT2D eigenvalue weighted by Gasteiger charge is 2.44. The second-order valence-corrected chi connectivity index (χ2v) is 4.80. The van der Waals surface area contributed by atoms with Gasteiger partial charge in [-0.25, -0.2) is 0 Å². The maximum Gasteiger partial charge on any atom is 0.0855 e. The summed E-state index contributed by atoms with van der Waals surface area (Å²) in [6.45, 7) is 1.18. The molecule has 14 heavy (non-hydrogen) atoms. The SMILES string of the molecule is N#CC1(CC2(O)CCCC2)CCOC1. The Morgan fingerprint density at radius 2 is 2.00 bits per heavy atom. The quantitative estimate of drug-likeness (QED) is 0.728. The minimum Gasteiger partial charge on any atom is -0.390 e. The molecule has 1 unspecified atom stereocenters. The van der Waals surface area contributed by atoms with Gasteiger partial charge < -0.3 is 9.84 Å². The van der Waals surface area contributed by atoms with Crippen LogP contribution < -0.4 is 0 Å². The van der Waals surface area contributed by atoms with Crippen LogP contribution in [0.25, 0.3) is 0 Å². The van der Waals surface area contributed by atoms with Crippen molar-refractivity contribution in [3.63, 3.8) is 0 Å². The molecule has 0 bridgehead atoms. The van der Waals surface area contributed by atoms with Gasteiger partial charge in [0, 0.05) is 6.61 Å². The monoisotopic (exact) mass is 195 g/mol. The van der Waals surface area contributed by atoms with Crippen LogP contribution in [0.15, 0.2) is 0 Å². The molecule has 1 saturated carbocycles. The molecule has 0 aromatic rings. The van der Waals surface area contributed by atoms with E-state index in [1.807, 2.05) is 0 Å². The Balaban J connectivity index is 2.04. The highest BCUT2D eigenvalue weighted by Crippen LogP contribution is 2.42. The standard InChI is InChI=1S/C11H17NO2/c12-8-10(5-6-14-9-10)7-11(13)3-1-2-4-11/h13H,1-7,9H2. The predicted octanol–water partition coefficient (Wildman–Crippen LogP) is 1.61. The van der Waals surface area contributed by atoms with Gasteiger partial charge in [-0.3, -0.25) is 0 Å². The predicted molar refractivity (Wildman–Crippen MR) is 51.5 cm³/mol. The minimum absolute atomic E-state index is 0.404. The van der Waals surface area contributed by atoms with Crippen LogP contribution in [-0.2, 0) is 4.74 Å². The van der Waals surface area contributed by atoms with Crippen LogP contribution in [0.2, 0.25) is 0 Å². The molecule has 1 atom stereocenters. The van der Waals surface area contributed by atoms with Gasteiger partial charge in [-0.05, 0) is 25.7 Å². The number of ether oxygens (including phenoxy) is 1. The van der Waals surface area contributed by atoms with Gasteiger partial charge in [-0.1, -0.05) is 12.8 Å². The molecule has 0 amide bonds. The van der Waals surface area contributed by atoms with E-state index in [-0.39, 0.29) is 0 Å². The Labute approximate surface area is 84.7 Å². The normalized spacial score (nSPS) is 35.7. The molecule has 2 fully saturated rings. The van der Waals surface area contributed by atoms with Crippen LogP contribution in [0.5, 0.6) is 0 Å². The third-order valence-electron chi connectivity index (χ3n) is 3.54. The van der Waals surface area contributed by atoms with Crippen molar-refractivity contribution in [3.05, 3.63) is 0 Å². The van der Waals surface area contributed by atoms with Crippen LogP contribution in [0.1, 0.15) is 38.5 Å². The molecule has 1 aliphatic carbocycles. The van der Waals surface area contributed by atoms with Gasteiger partial charge in [0.1, 0.15) is 0 Å². The second-order valence-electron chi connectivity index (χ2n) is 4.80. The minimum atomic E-state index is -0.580. The topological polar surface area (TPSA) is 53.2 Å².